The summed E-state index contributed by atoms with van der Waals surface area (Å²) in [6.07, 6.45) is 4.03. The molecular formula is C27H35N5O5. The van der Waals surface area contributed by atoms with Gasteiger partial charge in [-0.25, -0.2) is 9.20 Å². The van der Waals surface area contributed by atoms with Crippen LogP contribution in [-0.2, 0) is 26.1 Å². The fourth-order valence-corrected chi connectivity index (χ4v) is 4.65. The van der Waals surface area contributed by atoms with E-state index in [0.717, 1.165) is 24.8 Å². The van der Waals surface area contributed by atoms with Gasteiger partial charge in [-0.15, -0.1) is 0 Å². The molecule has 10 heteroatoms. The minimum atomic E-state index is -0.513. The van der Waals surface area contributed by atoms with Crippen molar-refractivity contribution in [2.75, 3.05) is 7.11 Å². The molecule has 0 radical (unpaired) electrons. The van der Waals surface area contributed by atoms with E-state index < -0.39 is 11.2 Å². The number of methoxy groups -OCH3 is 1. The van der Waals surface area contributed by atoms with Gasteiger partial charge in [0.15, 0.2) is 11.2 Å². The Labute approximate surface area is 214 Å². The molecule has 0 spiro atoms. The summed E-state index contributed by atoms with van der Waals surface area (Å²) in [5, 5.41) is 11.3. The molecule has 10 nitrogen and oxygen atoms in total. The Hall–Kier alpha value is -3.82. The zero-order valence-electron chi connectivity index (χ0n) is 22.0. The number of unbranched alkanes of at least 4 members (excludes halogenated alkanes) is 2. The normalized spacial score (nSPS) is 11.6. The molecule has 0 saturated heterocycles. The second-order valence-electron chi connectivity index (χ2n) is 9.31. The van der Waals surface area contributed by atoms with Crippen LogP contribution in [0.1, 0.15) is 64.0 Å². The Morgan fingerprint density at radius 3 is 2.11 bits per heavy atom. The van der Waals surface area contributed by atoms with Crippen LogP contribution in [0, 0.1) is 0 Å². The summed E-state index contributed by atoms with van der Waals surface area (Å²) >= 11 is 0. The predicted molar refractivity (Wildman–Crippen MR) is 143 cm³/mol. The molecule has 3 aromatic heterocycles. The maximum Gasteiger partial charge on any atom is 0.332 e. The number of benzene rings is 1. The van der Waals surface area contributed by atoms with Crippen LogP contribution in [0.5, 0.6) is 11.6 Å². The van der Waals surface area contributed by atoms with Crippen molar-refractivity contribution in [2.45, 2.75) is 78.9 Å². The van der Waals surface area contributed by atoms with Crippen molar-refractivity contribution in [2.24, 2.45) is 0 Å². The number of hydrogen-bond donors (Lipinski definition) is 1. The smallest absolute Gasteiger partial charge is 0.332 e. The molecule has 0 saturated carbocycles. The molecular weight excluding hydrogens is 474 g/mol. The third-order valence-electron chi connectivity index (χ3n) is 6.70. The summed E-state index contributed by atoms with van der Waals surface area (Å²) in [5.41, 5.74) is 0.0403. The fourth-order valence-electron chi connectivity index (χ4n) is 4.65. The van der Waals surface area contributed by atoms with Crippen molar-refractivity contribution < 1.29 is 9.84 Å². The lowest BCUT2D eigenvalue weighted by molar-refractivity contribution is 0.414. The van der Waals surface area contributed by atoms with Crippen molar-refractivity contribution >= 4 is 16.9 Å². The maximum absolute atomic E-state index is 13.7. The van der Waals surface area contributed by atoms with Crippen LogP contribution in [0.15, 0.2) is 38.6 Å². The third kappa shape index (κ3) is 4.68. The van der Waals surface area contributed by atoms with Gasteiger partial charge >= 0.3 is 5.69 Å². The SMILES string of the molecule is CCCCn1c(=O)c2c(nc3n(Cc4ccc(OC)cc4)c(=O)c(CCC)c(O)n23)n(CCCC)c1=O. The number of imidazole rings is 1. The van der Waals surface area contributed by atoms with Gasteiger partial charge in [0.1, 0.15) is 5.75 Å². The molecule has 37 heavy (non-hydrogen) atoms. The minimum Gasteiger partial charge on any atom is -0.497 e. The van der Waals surface area contributed by atoms with Crippen LogP contribution in [-0.4, -0.2) is 35.3 Å². The van der Waals surface area contributed by atoms with Gasteiger partial charge in [-0.2, -0.15) is 4.98 Å². The first-order chi connectivity index (χ1) is 17.9. The average Bonchev–Trinajstić information content (AvgIpc) is 3.30. The minimum absolute atomic E-state index is 0.111. The Balaban J connectivity index is 2.11. The zero-order valence-corrected chi connectivity index (χ0v) is 22.0. The molecule has 4 aromatic rings. The van der Waals surface area contributed by atoms with E-state index in [1.54, 1.807) is 7.11 Å². The van der Waals surface area contributed by atoms with Gasteiger partial charge in [-0.05, 0) is 37.0 Å². The second-order valence-corrected chi connectivity index (χ2v) is 9.31. The highest BCUT2D eigenvalue weighted by atomic mass is 16.5. The number of nitrogens with zero attached hydrogens (tertiary/aromatic N) is 5. The third-order valence-corrected chi connectivity index (χ3v) is 6.70. The molecule has 0 aliphatic rings. The molecule has 0 atom stereocenters. The van der Waals surface area contributed by atoms with Gasteiger partial charge in [0.2, 0.25) is 11.7 Å². The quantitative estimate of drug-likeness (QED) is 0.332. The van der Waals surface area contributed by atoms with Crippen molar-refractivity contribution in [1.29, 1.82) is 0 Å². The van der Waals surface area contributed by atoms with Gasteiger partial charge in [-0.1, -0.05) is 52.2 Å². The number of rotatable bonds is 11. The summed E-state index contributed by atoms with van der Waals surface area (Å²) in [6, 6.07) is 7.32. The van der Waals surface area contributed by atoms with Crippen molar-refractivity contribution in [3.05, 3.63) is 66.6 Å². The van der Waals surface area contributed by atoms with E-state index in [-0.39, 0.29) is 47.0 Å². The monoisotopic (exact) mass is 509 g/mol. The largest absolute Gasteiger partial charge is 0.497 e. The molecule has 0 bridgehead atoms. The first-order valence-corrected chi connectivity index (χ1v) is 13.0. The fraction of sp³-hybridized carbons (Fsp3) is 0.481. The number of hydrogen-bond acceptors (Lipinski definition) is 6. The molecule has 0 amide bonds. The molecule has 0 aliphatic heterocycles. The van der Waals surface area contributed by atoms with E-state index in [1.807, 2.05) is 45.0 Å². The lowest BCUT2D eigenvalue weighted by Crippen LogP contribution is -2.40. The van der Waals surface area contributed by atoms with E-state index in [2.05, 4.69) is 4.98 Å². The van der Waals surface area contributed by atoms with E-state index in [0.29, 0.717) is 31.6 Å². The number of aryl methyl sites for hydroxylation is 1. The summed E-state index contributed by atoms with van der Waals surface area (Å²) in [7, 11) is 1.58. The van der Waals surface area contributed by atoms with Gasteiger partial charge in [-0.3, -0.25) is 23.3 Å². The van der Waals surface area contributed by atoms with Crippen LogP contribution >= 0.6 is 0 Å². The Bertz CT molecular complexity index is 1590. The van der Waals surface area contributed by atoms with E-state index in [4.69, 9.17) is 4.74 Å². The highest BCUT2D eigenvalue weighted by Gasteiger charge is 2.25. The molecule has 1 N–H and O–H groups in total. The molecule has 198 valence electrons. The highest BCUT2D eigenvalue weighted by Crippen LogP contribution is 2.23. The maximum atomic E-state index is 13.7. The number of aromatic hydroxyl groups is 1. The van der Waals surface area contributed by atoms with Crippen molar-refractivity contribution in [1.82, 2.24) is 23.1 Å². The molecule has 0 fully saturated rings. The predicted octanol–water partition coefficient (Wildman–Crippen LogP) is 3.29. The van der Waals surface area contributed by atoms with Gasteiger partial charge in [0, 0.05) is 13.1 Å². The molecule has 1 aromatic carbocycles. The Morgan fingerprint density at radius 2 is 1.51 bits per heavy atom. The summed E-state index contributed by atoms with van der Waals surface area (Å²) < 4.78 is 10.8. The van der Waals surface area contributed by atoms with Gasteiger partial charge in [0.25, 0.3) is 11.1 Å². The van der Waals surface area contributed by atoms with Crippen LogP contribution in [0.2, 0.25) is 0 Å². The second kappa shape index (κ2) is 11.1. The topological polar surface area (TPSA) is 113 Å². The van der Waals surface area contributed by atoms with Crippen LogP contribution in [0.4, 0.5) is 0 Å². The van der Waals surface area contributed by atoms with E-state index in [9.17, 15) is 19.5 Å². The van der Waals surface area contributed by atoms with Crippen molar-refractivity contribution in [3.63, 3.8) is 0 Å². The van der Waals surface area contributed by atoms with E-state index in [1.165, 1.54) is 18.1 Å². The van der Waals surface area contributed by atoms with E-state index >= 15 is 0 Å². The molecule has 4 rings (SSSR count). The summed E-state index contributed by atoms with van der Waals surface area (Å²) in [4.78, 5) is 45.3. The highest BCUT2D eigenvalue weighted by molar-refractivity contribution is 5.76. The zero-order chi connectivity index (χ0) is 26.7. The number of aromatic nitrogens is 5. The Kier molecular flexibility index (Phi) is 7.85. The van der Waals surface area contributed by atoms with Crippen LogP contribution < -0.4 is 21.5 Å². The molecule has 0 unspecified atom stereocenters. The summed E-state index contributed by atoms with van der Waals surface area (Å²) in [5.74, 6) is 0.524. The van der Waals surface area contributed by atoms with Crippen LogP contribution in [0.25, 0.3) is 16.9 Å². The van der Waals surface area contributed by atoms with Crippen molar-refractivity contribution in [3.8, 4) is 11.6 Å². The van der Waals surface area contributed by atoms with Crippen LogP contribution in [0.3, 0.4) is 0 Å². The first-order valence-electron chi connectivity index (χ1n) is 13.0. The molecule has 3 heterocycles. The Morgan fingerprint density at radius 1 is 0.865 bits per heavy atom. The summed E-state index contributed by atoms with van der Waals surface area (Å²) in [6.45, 7) is 6.77. The first kappa shape index (κ1) is 26.2. The average molecular weight is 510 g/mol. The lowest BCUT2D eigenvalue weighted by atomic mass is 10.1. The number of fused-ring (bicyclic) bond motifs is 3. The standard InChI is InChI=1S/C27H35N5O5/c1-5-8-15-29-22-21(25(35)30(27(29)36)16-9-6-2)32-24(34)20(10-7-3)23(33)31(26(32)28-22)17-18-11-13-19(37-4)14-12-18/h11-14,34H,5-10,15-17H2,1-4H3. The lowest BCUT2D eigenvalue weighted by Gasteiger charge is -2.14. The van der Waals surface area contributed by atoms with Gasteiger partial charge in [0.05, 0.1) is 19.2 Å². The van der Waals surface area contributed by atoms with Gasteiger partial charge < -0.3 is 9.84 Å². The number of ether oxygens (including phenoxy) is 1. The molecule has 0 aliphatic carbocycles.